The maximum Gasteiger partial charge on any atom is 0.242 e. The summed E-state index contributed by atoms with van der Waals surface area (Å²) in [6.45, 7) is 7.66. The molecule has 2 N–H and O–H groups in total. The molecule has 0 aromatic heterocycles. The van der Waals surface area contributed by atoms with Gasteiger partial charge in [-0.15, -0.1) is 0 Å². The summed E-state index contributed by atoms with van der Waals surface area (Å²) in [4.78, 5) is 25.6. The molecule has 0 aromatic rings. The third-order valence-electron chi connectivity index (χ3n) is 3.53. The van der Waals surface area contributed by atoms with Crippen LogP contribution in [-0.2, 0) is 9.59 Å². The number of likely N-dealkylation sites (N-methyl/N-ethyl adjacent to an activating group) is 1. The Morgan fingerprint density at radius 1 is 1.37 bits per heavy atom. The second-order valence-electron chi connectivity index (χ2n) is 6.08. The fourth-order valence-corrected chi connectivity index (χ4v) is 2.32. The smallest absolute Gasteiger partial charge is 0.242 e. The highest BCUT2D eigenvalue weighted by molar-refractivity contribution is 5.90. The van der Waals surface area contributed by atoms with E-state index in [0.29, 0.717) is 12.5 Å². The number of nitrogens with zero attached hydrogens (tertiary/aromatic N) is 1. The molecule has 1 heterocycles. The Balaban J connectivity index is 2.45. The van der Waals surface area contributed by atoms with Crippen LogP contribution in [0.1, 0.15) is 40.0 Å². The number of piperidine rings is 1. The zero-order chi connectivity index (χ0) is 14.5. The first-order chi connectivity index (χ1) is 8.85. The first-order valence-corrected chi connectivity index (χ1v) is 7.12. The Hall–Kier alpha value is -1.10. The molecule has 0 aromatic carbocycles. The average molecular weight is 269 g/mol. The summed E-state index contributed by atoms with van der Waals surface area (Å²) < 4.78 is 0. The first kappa shape index (κ1) is 16.0. The zero-order valence-electron chi connectivity index (χ0n) is 12.6. The number of carbonyl (C=O) groups is 2. The number of rotatable bonds is 5. The van der Waals surface area contributed by atoms with Crippen molar-refractivity contribution in [2.24, 2.45) is 5.92 Å². The van der Waals surface area contributed by atoms with Gasteiger partial charge in [0.15, 0.2) is 0 Å². The maximum atomic E-state index is 12.4. The molecule has 1 aliphatic heterocycles. The molecule has 5 heteroatoms. The van der Waals surface area contributed by atoms with E-state index in [0.717, 1.165) is 25.8 Å². The van der Waals surface area contributed by atoms with Crippen molar-refractivity contribution in [3.05, 3.63) is 0 Å². The van der Waals surface area contributed by atoms with Gasteiger partial charge in [-0.05, 0) is 38.6 Å². The van der Waals surface area contributed by atoms with Gasteiger partial charge in [-0.2, -0.15) is 0 Å². The normalized spacial score (nSPS) is 23.2. The van der Waals surface area contributed by atoms with E-state index in [1.165, 1.54) is 4.90 Å². The lowest BCUT2D eigenvalue weighted by Gasteiger charge is -2.36. The molecular weight excluding hydrogens is 242 g/mol. The molecule has 1 unspecified atom stereocenters. The van der Waals surface area contributed by atoms with Crippen molar-refractivity contribution >= 4 is 11.8 Å². The molecule has 1 saturated heterocycles. The lowest BCUT2D eigenvalue weighted by Crippen LogP contribution is -2.58. The molecule has 0 aliphatic carbocycles. The molecule has 0 saturated carbocycles. The van der Waals surface area contributed by atoms with Gasteiger partial charge in [-0.1, -0.05) is 13.8 Å². The molecule has 19 heavy (non-hydrogen) atoms. The van der Waals surface area contributed by atoms with Gasteiger partial charge in [-0.3, -0.25) is 9.59 Å². The summed E-state index contributed by atoms with van der Waals surface area (Å²) in [5, 5.41) is 6.11. The van der Waals surface area contributed by atoms with Crippen molar-refractivity contribution in [1.82, 2.24) is 15.5 Å². The third kappa shape index (κ3) is 4.82. The Morgan fingerprint density at radius 3 is 2.58 bits per heavy atom. The number of carbonyl (C=O) groups excluding carboxylic acids is 2. The highest BCUT2D eigenvalue weighted by Gasteiger charge is 2.36. The number of hydrogen-bond acceptors (Lipinski definition) is 3. The highest BCUT2D eigenvalue weighted by atomic mass is 16.2. The van der Waals surface area contributed by atoms with Crippen LogP contribution < -0.4 is 10.6 Å². The maximum absolute atomic E-state index is 12.4. The molecule has 0 bridgehead atoms. The summed E-state index contributed by atoms with van der Waals surface area (Å²) in [5.74, 6) is 0.332. The molecule has 5 nitrogen and oxygen atoms in total. The lowest BCUT2D eigenvalue weighted by atomic mass is 9.89. The van der Waals surface area contributed by atoms with E-state index >= 15 is 0 Å². The second kappa shape index (κ2) is 6.89. The fraction of sp³-hybridized carbons (Fsp3) is 0.857. The van der Waals surface area contributed by atoms with Crippen molar-refractivity contribution in [2.75, 3.05) is 26.7 Å². The minimum absolute atomic E-state index is 0.00639. The number of hydrogen-bond donors (Lipinski definition) is 2. The van der Waals surface area contributed by atoms with Crippen LogP contribution in [0.4, 0.5) is 0 Å². The summed E-state index contributed by atoms with van der Waals surface area (Å²) >= 11 is 0. The predicted molar refractivity (Wildman–Crippen MR) is 75.7 cm³/mol. The van der Waals surface area contributed by atoms with E-state index in [-0.39, 0.29) is 18.4 Å². The zero-order valence-corrected chi connectivity index (χ0v) is 12.6. The minimum Gasteiger partial charge on any atom is -0.354 e. The SMILES string of the molecule is CC(C)CNC(=O)CN(C)C(=O)C1(C)CCCCN1. The standard InChI is InChI=1S/C14H27N3O2/c1-11(2)9-15-12(18)10-17(4)13(19)14(3)7-5-6-8-16-14/h11,16H,5-10H2,1-4H3,(H,15,18). The Labute approximate surface area is 116 Å². The minimum atomic E-state index is -0.509. The quantitative estimate of drug-likeness (QED) is 0.774. The van der Waals surface area contributed by atoms with Gasteiger partial charge < -0.3 is 15.5 Å². The van der Waals surface area contributed by atoms with Gasteiger partial charge in [0.1, 0.15) is 0 Å². The largest absolute Gasteiger partial charge is 0.354 e. The van der Waals surface area contributed by atoms with Gasteiger partial charge >= 0.3 is 0 Å². The molecule has 1 aliphatic rings. The summed E-state index contributed by atoms with van der Waals surface area (Å²) in [7, 11) is 1.69. The summed E-state index contributed by atoms with van der Waals surface area (Å²) in [6.07, 6.45) is 3.01. The molecule has 110 valence electrons. The predicted octanol–water partition coefficient (Wildman–Crippen LogP) is 0.749. The fourth-order valence-electron chi connectivity index (χ4n) is 2.32. The van der Waals surface area contributed by atoms with Crippen molar-refractivity contribution in [3.8, 4) is 0 Å². The summed E-state index contributed by atoms with van der Waals surface area (Å²) in [5.41, 5.74) is -0.509. The van der Waals surface area contributed by atoms with E-state index in [4.69, 9.17) is 0 Å². The van der Waals surface area contributed by atoms with Crippen molar-refractivity contribution in [3.63, 3.8) is 0 Å². The van der Waals surface area contributed by atoms with Crippen LogP contribution >= 0.6 is 0 Å². The van der Waals surface area contributed by atoms with Gasteiger partial charge in [0.2, 0.25) is 11.8 Å². The van der Waals surface area contributed by atoms with Crippen LogP contribution in [-0.4, -0.2) is 48.9 Å². The average Bonchev–Trinajstić information content (AvgIpc) is 2.36. The highest BCUT2D eigenvalue weighted by Crippen LogP contribution is 2.20. The van der Waals surface area contributed by atoms with E-state index in [2.05, 4.69) is 10.6 Å². The van der Waals surface area contributed by atoms with Crippen molar-refractivity contribution < 1.29 is 9.59 Å². The van der Waals surface area contributed by atoms with Crippen LogP contribution in [0.2, 0.25) is 0 Å². The van der Waals surface area contributed by atoms with Gasteiger partial charge in [0.05, 0.1) is 12.1 Å². The molecule has 0 spiro atoms. The molecular formula is C14H27N3O2. The van der Waals surface area contributed by atoms with Crippen molar-refractivity contribution in [2.45, 2.75) is 45.6 Å². The van der Waals surface area contributed by atoms with Crippen molar-refractivity contribution in [1.29, 1.82) is 0 Å². The topological polar surface area (TPSA) is 61.4 Å². The van der Waals surface area contributed by atoms with Crippen LogP contribution in [0, 0.1) is 5.92 Å². The lowest BCUT2D eigenvalue weighted by molar-refractivity contribution is -0.140. The number of amides is 2. The van der Waals surface area contributed by atoms with E-state index in [9.17, 15) is 9.59 Å². The van der Waals surface area contributed by atoms with Crippen LogP contribution in [0.3, 0.4) is 0 Å². The van der Waals surface area contributed by atoms with Gasteiger partial charge in [-0.25, -0.2) is 0 Å². The van der Waals surface area contributed by atoms with Crippen LogP contribution in [0.25, 0.3) is 0 Å². The van der Waals surface area contributed by atoms with E-state index < -0.39 is 5.54 Å². The van der Waals surface area contributed by atoms with Crippen LogP contribution in [0.5, 0.6) is 0 Å². The Morgan fingerprint density at radius 2 is 2.05 bits per heavy atom. The molecule has 0 radical (unpaired) electrons. The number of nitrogens with one attached hydrogen (secondary N) is 2. The van der Waals surface area contributed by atoms with Crippen LogP contribution in [0.15, 0.2) is 0 Å². The second-order valence-corrected chi connectivity index (χ2v) is 6.08. The third-order valence-corrected chi connectivity index (χ3v) is 3.53. The van der Waals surface area contributed by atoms with Gasteiger partial charge in [0.25, 0.3) is 0 Å². The Kier molecular flexibility index (Phi) is 5.79. The molecule has 2 amide bonds. The molecule has 1 fully saturated rings. The van der Waals surface area contributed by atoms with E-state index in [1.54, 1.807) is 7.05 Å². The van der Waals surface area contributed by atoms with Gasteiger partial charge in [0, 0.05) is 13.6 Å². The monoisotopic (exact) mass is 269 g/mol. The first-order valence-electron chi connectivity index (χ1n) is 7.12. The molecule has 1 rings (SSSR count). The van der Waals surface area contributed by atoms with E-state index in [1.807, 2.05) is 20.8 Å². The summed E-state index contributed by atoms with van der Waals surface area (Å²) in [6, 6.07) is 0. The Bertz CT molecular complexity index is 323. The molecule has 1 atom stereocenters.